The van der Waals surface area contributed by atoms with Crippen molar-refractivity contribution in [1.82, 2.24) is 9.99 Å². The Morgan fingerprint density at radius 1 is 0.947 bits per heavy atom. The topological polar surface area (TPSA) is 104 Å². The summed E-state index contributed by atoms with van der Waals surface area (Å²) in [6.07, 6.45) is 0.769. The lowest BCUT2D eigenvalue weighted by Crippen LogP contribution is -2.24. The fourth-order valence-electron chi connectivity index (χ4n) is 3.77. The van der Waals surface area contributed by atoms with Gasteiger partial charge in [0.05, 0.1) is 13.3 Å². The number of esters is 1. The number of hydrazone groups is 1. The first kappa shape index (κ1) is 26.3. The summed E-state index contributed by atoms with van der Waals surface area (Å²) in [6, 6.07) is 22.1. The van der Waals surface area contributed by atoms with Gasteiger partial charge in [-0.2, -0.15) is 5.10 Å². The second kappa shape index (κ2) is 12.0. The minimum atomic E-state index is -0.716. The van der Waals surface area contributed by atoms with Gasteiger partial charge in [0.1, 0.15) is 23.9 Å². The van der Waals surface area contributed by atoms with Crippen molar-refractivity contribution in [3.63, 3.8) is 0 Å². The Labute approximate surface area is 220 Å². The van der Waals surface area contributed by atoms with E-state index in [0.717, 1.165) is 22.6 Å². The van der Waals surface area contributed by atoms with Crippen molar-refractivity contribution in [3.8, 4) is 17.2 Å². The van der Waals surface area contributed by atoms with Crippen molar-refractivity contribution in [3.05, 3.63) is 101 Å². The maximum Gasteiger partial charge on any atom is 0.346 e. The van der Waals surface area contributed by atoms with E-state index in [1.165, 1.54) is 13.3 Å². The zero-order chi connectivity index (χ0) is 27.1. The molecule has 1 N–H and O–H groups in total. The van der Waals surface area contributed by atoms with Crippen LogP contribution in [-0.2, 0) is 16.1 Å². The number of amides is 1. The van der Waals surface area contributed by atoms with Crippen LogP contribution in [0, 0.1) is 13.8 Å². The molecule has 1 atom stereocenters. The molecule has 0 bridgehead atoms. The third-order valence-corrected chi connectivity index (χ3v) is 5.74. The van der Waals surface area contributed by atoms with Crippen molar-refractivity contribution >= 4 is 18.1 Å². The number of nitrogens with zero attached hydrogens (tertiary/aromatic N) is 2. The van der Waals surface area contributed by atoms with Crippen LogP contribution in [0.3, 0.4) is 0 Å². The minimum absolute atomic E-state index is 0.121. The molecule has 2 aromatic heterocycles. The number of hydrogen-bond donors (Lipinski definition) is 1. The van der Waals surface area contributed by atoms with Crippen LogP contribution in [0.5, 0.6) is 11.5 Å². The van der Waals surface area contributed by atoms with Crippen molar-refractivity contribution in [1.29, 1.82) is 0 Å². The molecule has 2 heterocycles. The summed E-state index contributed by atoms with van der Waals surface area (Å²) in [5, 5.41) is 3.96. The average molecular weight is 516 g/mol. The normalized spacial score (nSPS) is 11.8. The Hall–Kier alpha value is -4.79. The van der Waals surface area contributed by atoms with Crippen molar-refractivity contribution < 1.29 is 28.2 Å². The van der Waals surface area contributed by atoms with Gasteiger partial charge in [-0.3, -0.25) is 4.79 Å². The summed E-state index contributed by atoms with van der Waals surface area (Å²) in [5.74, 6) is 0.891. The van der Waals surface area contributed by atoms with Crippen LogP contribution in [0.2, 0.25) is 0 Å². The number of aryl methyl sites for hydroxylation is 2. The Kier molecular flexibility index (Phi) is 8.27. The average Bonchev–Trinajstić information content (AvgIpc) is 3.54. The van der Waals surface area contributed by atoms with E-state index < -0.39 is 18.0 Å². The molecule has 1 amide bonds. The van der Waals surface area contributed by atoms with Gasteiger partial charge in [0.15, 0.2) is 11.9 Å². The van der Waals surface area contributed by atoms with E-state index in [2.05, 4.69) is 45.8 Å². The van der Waals surface area contributed by atoms with Gasteiger partial charge in [-0.15, -0.1) is 0 Å². The Morgan fingerprint density at radius 2 is 1.61 bits per heavy atom. The number of hydrogen-bond acceptors (Lipinski definition) is 7. The summed E-state index contributed by atoms with van der Waals surface area (Å²) >= 11 is 0. The van der Waals surface area contributed by atoms with E-state index in [-0.39, 0.29) is 12.4 Å². The number of benzene rings is 2. The third-order valence-electron chi connectivity index (χ3n) is 5.74. The van der Waals surface area contributed by atoms with Gasteiger partial charge in [0.25, 0.3) is 0 Å². The number of nitrogens with one attached hydrogen (secondary N) is 1. The molecule has 0 spiro atoms. The molecular weight excluding hydrogens is 486 g/mol. The molecule has 0 aliphatic carbocycles. The summed E-state index contributed by atoms with van der Waals surface area (Å²) < 4.78 is 23.7. The summed E-state index contributed by atoms with van der Waals surface area (Å²) in [7, 11) is 1.31. The highest BCUT2D eigenvalue weighted by molar-refractivity contribution is 5.92. The molecule has 9 nitrogen and oxygen atoms in total. The first-order valence-corrected chi connectivity index (χ1v) is 12.0. The van der Waals surface area contributed by atoms with Crippen molar-refractivity contribution in [2.24, 2.45) is 5.10 Å². The lowest BCUT2D eigenvalue weighted by Gasteiger charge is -2.12. The first-order chi connectivity index (χ1) is 18.3. The monoisotopic (exact) mass is 515 g/mol. The largest absolute Gasteiger partial charge is 0.486 e. The Bertz CT molecular complexity index is 1400. The Balaban J connectivity index is 1.26. The highest BCUT2D eigenvalue weighted by Gasteiger charge is 2.14. The summed E-state index contributed by atoms with van der Waals surface area (Å²) in [4.78, 5) is 23.8. The lowest BCUT2D eigenvalue weighted by molar-refractivity contribution is -0.147. The van der Waals surface area contributed by atoms with E-state index in [4.69, 9.17) is 13.9 Å². The zero-order valence-corrected chi connectivity index (χ0v) is 21.6. The molecule has 2 aromatic carbocycles. The quantitative estimate of drug-likeness (QED) is 0.182. The van der Waals surface area contributed by atoms with Crippen LogP contribution < -0.4 is 14.9 Å². The molecule has 0 unspecified atom stereocenters. The number of aromatic nitrogens is 1. The fraction of sp³-hybridized carbons (Fsp3) is 0.207. The molecule has 9 heteroatoms. The molecule has 0 radical (unpaired) electrons. The number of furan rings is 1. The van der Waals surface area contributed by atoms with E-state index in [1.54, 1.807) is 43.3 Å². The number of rotatable bonds is 10. The van der Waals surface area contributed by atoms with Gasteiger partial charge in [-0.1, -0.05) is 0 Å². The smallest absolute Gasteiger partial charge is 0.346 e. The Morgan fingerprint density at radius 3 is 2.26 bits per heavy atom. The van der Waals surface area contributed by atoms with E-state index in [1.807, 2.05) is 24.3 Å². The van der Waals surface area contributed by atoms with Crippen LogP contribution >= 0.6 is 0 Å². The van der Waals surface area contributed by atoms with Gasteiger partial charge >= 0.3 is 11.9 Å². The van der Waals surface area contributed by atoms with Gasteiger partial charge in [0.2, 0.25) is 0 Å². The first-order valence-electron chi connectivity index (χ1n) is 12.0. The molecule has 0 fully saturated rings. The van der Waals surface area contributed by atoms with Crippen LogP contribution in [0.1, 0.15) is 40.2 Å². The predicted molar refractivity (Wildman–Crippen MR) is 142 cm³/mol. The van der Waals surface area contributed by atoms with Crippen LogP contribution in [0.25, 0.3) is 5.69 Å². The summed E-state index contributed by atoms with van der Waals surface area (Å²) in [5.41, 5.74) is 6.55. The zero-order valence-electron chi connectivity index (χ0n) is 21.6. The number of carbonyl (C=O) groups is 2. The van der Waals surface area contributed by atoms with Gasteiger partial charge in [0, 0.05) is 17.1 Å². The number of carbonyl (C=O) groups excluding carboxylic acids is 2. The predicted octanol–water partition coefficient (Wildman–Crippen LogP) is 4.97. The fourth-order valence-corrected chi connectivity index (χ4v) is 3.77. The van der Waals surface area contributed by atoms with Crippen LogP contribution in [-0.4, -0.2) is 35.9 Å². The second-order valence-corrected chi connectivity index (χ2v) is 8.55. The molecule has 0 aliphatic heterocycles. The second-order valence-electron chi connectivity index (χ2n) is 8.55. The number of methoxy groups -OCH3 is 1. The lowest BCUT2D eigenvalue weighted by atomic mass is 10.2. The molecule has 4 aromatic rings. The van der Waals surface area contributed by atoms with Crippen molar-refractivity contribution in [2.45, 2.75) is 33.5 Å². The molecule has 0 saturated carbocycles. The van der Waals surface area contributed by atoms with E-state index >= 15 is 0 Å². The molecular formula is C29H29N3O6. The van der Waals surface area contributed by atoms with Crippen LogP contribution in [0.15, 0.2) is 82.3 Å². The molecule has 196 valence electrons. The maximum atomic E-state index is 12.4. The standard InChI is InChI=1S/C29H29N3O6/c1-19-5-6-20(2)32(19)23-9-13-24(14-10-23)36-18-26-15-16-27(38-26)28(33)31-30-17-22-7-11-25(12-8-22)37-21(3)29(34)35-4/h5-17,21H,18H2,1-4H3,(H,31,33)/b30-17+/t21-/m0/s1. The maximum absolute atomic E-state index is 12.4. The molecule has 4 rings (SSSR count). The molecule has 38 heavy (non-hydrogen) atoms. The van der Waals surface area contributed by atoms with E-state index in [0.29, 0.717) is 17.3 Å². The van der Waals surface area contributed by atoms with Gasteiger partial charge in [-0.25, -0.2) is 10.2 Å². The highest BCUT2D eigenvalue weighted by Crippen LogP contribution is 2.21. The van der Waals surface area contributed by atoms with Gasteiger partial charge in [-0.05, 0) is 99.1 Å². The molecule has 0 aliphatic rings. The number of ether oxygens (including phenoxy) is 3. The molecule has 0 saturated heterocycles. The summed E-state index contributed by atoms with van der Waals surface area (Å²) in [6.45, 7) is 5.92. The van der Waals surface area contributed by atoms with Gasteiger partial charge < -0.3 is 23.2 Å². The van der Waals surface area contributed by atoms with Crippen molar-refractivity contribution in [2.75, 3.05) is 7.11 Å². The SMILES string of the molecule is COC(=O)[C@H](C)Oc1ccc(/C=N/NC(=O)c2ccc(COc3ccc(-n4c(C)ccc4C)cc3)o2)cc1. The third kappa shape index (κ3) is 6.50. The van der Waals surface area contributed by atoms with Crippen LogP contribution in [0.4, 0.5) is 0 Å². The minimum Gasteiger partial charge on any atom is -0.486 e. The van der Waals surface area contributed by atoms with E-state index in [9.17, 15) is 9.59 Å². The highest BCUT2D eigenvalue weighted by atomic mass is 16.6.